The normalized spacial score (nSPS) is 22.1. The molecular formula is C18H24ClN3O3. The van der Waals surface area contributed by atoms with Gasteiger partial charge in [-0.25, -0.2) is 0 Å². The lowest BCUT2D eigenvalue weighted by Gasteiger charge is -2.38. The standard InChI is InChI=1S/C18H24ClN3O3/c1-13-3-4-14(19)11-15(13)20-5-7-21(8-6-20)16-12-17(23)22(18(16)24)9-10-25-2/h3-4,11,16H,5-10,12H2,1-2H3/t16-/m1/s1. The molecule has 136 valence electrons. The van der Waals surface area contributed by atoms with Crippen LogP contribution in [0.15, 0.2) is 18.2 Å². The molecule has 1 aromatic rings. The van der Waals surface area contributed by atoms with Gasteiger partial charge in [0.25, 0.3) is 0 Å². The number of piperazine rings is 1. The maximum absolute atomic E-state index is 12.5. The lowest BCUT2D eigenvalue weighted by atomic mass is 10.1. The summed E-state index contributed by atoms with van der Waals surface area (Å²) in [5, 5.41) is 0.730. The van der Waals surface area contributed by atoms with Crippen molar-refractivity contribution in [3.8, 4) is 0 Å². The van der Waals surface area contributed by atoms with Gasteiger partial charge < -0.3 is 9.64 Å². The SMILES string of the molecule is COCCN1C(=O)C[C@@H](N2CCN(c3cc(Cl)ccc3C)CC2)C1=O. The van der Waals surface area contributed by atoms with Gasteiger partial charge in [0.1, 0.15) is 0 Å². The fourth-order valence-corrected chi connectivity index (χ4v) is 3.73. The first-order valence-corrected chi connectivity index (χ1v) is 8.97. The van der Waals surface area contributed by atoms with Gasteiger partial charge in [-0.3, -0.25) is 19.4 Å². The van der Waals surface area contributed by atoms with E-state index < -0.39 is 0 Å². The van der Waals surface area contributed by atoms with Gasteiger partial charge in [-0.05, 0) is 24.6 Å². The Balaban J connectivity index is 1.62. The second-order valence-corrected chi connectivity index (χ2v) is 6.99. The Labute approximate surface area is 153 Å². The van der Waals surface area contributed by atoms with Gasteiger partial charge in [-0.1, -0.05) is 17.7 Å². The molecule has 0 radical (unpaired) electrons. The first-order chi connectivity index (χ1) is 12.0. The van der Waals surface area contributed by atoms with Gasteiger partial charge >= 0.3 is 0 Å². The van der Waals surface area contributed by atoms with E-state index in [1.54, 1.807) is 7.11 Å². The summed E-state index contributed by atoms with van der Waals surface area (Å²) >= 11 is 6.13. The summed E-state index contributed by atoms with van der Waals surface area (Å²) in [6.07, 6.45) is 0.277. The van der Waals surface area contributed by atoms with E-state index in [1.807, 2.05) is 18.2 Å². The van der Waals surface area contributed by atoms with E-state index in [-0.39, 0.29) is 24.3 Å². The van der Waals surface area contributed by atoms with Crippen molar-refractivity contribution in [2.75, 3.05) is 51.3 Å². The smallest absolute Gasteiger partial charge is 0.247 e. The van der Waals surface area contributed by atoms with Gasteiger partial charge in [0.2, 0.25) is 11.8 Å². The van der Waals surface area contributed by atoms with E-state index in [0.29, 0.717) is 13.2 Å². The number of nitrogens with zero attached hydrogens (tertiary/aromatic N) is 3. The van der Waals surface area contributed by atoms with Crippen LogP contribution in [0.3, 0.4) is 0 Å². The average Bonchev–Trinajstić information content (AvgIpc) is 2.89. The molecule has 2 aliphatic rings. The van der Waals surface area contributed by atoms with Crippen LogP contribution in [0.4, 0.5) is 5.69 Å². The van der Waals surface area contributed by atoms with Crippen LogP contribution in [0, 0.1) is 6.92 Å². The minimum absolute atomic E-state index is 0.0885. The molecule has 0 N–H and O–H groups in total. The number of rotatable bonds is 5. The Morgan fingerprint density at radius 1 is 1.20 bits per heavy atom. The third kappa shape index (κ3) is 3.81. The summed E-state index contributed by atoms with van der Waals surface area (Å²) in [6.45, 7) is 5.94. The molecule has 0 unspecified atom stereocenters. The van der Waals surface area contributed by atoms with Crippen molar-refractivity contribution in [2.24, 2.45) is 0 Å². The maximum atomic E-state index is 12.5. The molecule has 0 aromatic heterocycles. The summed E-state index contributed by atoms with van der Waals surface area (Å²) in [5.74, 6) is -0.186. The fourth-order valence-electron chi connectivity index (χ4n) is 3.57. The number of halogens is 1. The van der Waals surface area contributed by atoms with Crippen molar-refractivity contribution in [2.45, 2.75) is 19.4 Å². The van der Waals surface area contributed by atoms with Crippen LogP contribution >= 0.6 is 11.6 Å². The van der Waals surface area contributed by atoms with Crippen LogP contribution in [0.1, 0.15) is 12.0 Å². The molecule has 6 nitrogen and oxygen atoms in total. The van der Waals surface area contributed by atoms with E-state index in [9.17, 15) is 9.59 Å². The number of ether oxygens (including phenoxy) is 1. The number of hydrogen-bond donors (Lipinski definition) is 0. The number of hydrogen-bond acceptors (Lipinski definition) is 5. The fraction of sp³-hybridized carbons (Fsp3) is 0.556. The minimum Gasteiger partial charge on any atom is -0.383 e. The van der Waals surface area contributed by atoms with Crippen molar-refractivity contribution in [3.05, 3.63) is 28.8 Å². The molecule has 1 atom stereocenters. The molecule has 1 aromatic carbocycles. The molecule has 0 saturated carbocycles. The highest BCUT2D eigenvalue weighted by Crippen LogP contribution is 2.27. The quantitative estimate of drug-likeness (QED) is 0.741. The number of carbonyl (C=O) groups is 2. The zero-order chi connectivity index (χ0) is 18.0. The third-order valence-electron chi connectivity index (χ3n) is 5.01. The first-order valence-electron chi connectivity index (χ1n) is 8.59. The lowest BCUT2D eigenvalue weighted by Crippen LogP contribution is -2.52. The second kappa shape index (κ2) is 7.72. The van der Waals surface area contributed by atoms with Crippen molar-refractivity contribution in [3.63, 3.8) is 0 Å². The van der Waals surface area contributed by atoms with Crippen LogP contribution < -0.4 is 4.90 Å². The van der Waals surface area contributed by atoms with Gasteiger partial charge in [0.15, 0.2) is 0 Å². The van der Waals surface area contributed by atoms with Crippen LogP contribution in [0.25, 0.3) is 0 Å². The molecule has 0 bridgehead atoms. The van der Waals surface area contributed by atoms with E-state index >= 15 is 0 Å². The predicted molar refractivity (Wildman–Crippen MR) is 97.0 cm³/mol. The summed E-state index contributed by atoms with van der Waals surface area (Å²) in [6, 6.07) is 5.58. The molecule has 2 aliphatic heterocycles. The summed E-state index contributed by atoms with van der Waals surface area (Å²) in [5.41, 5.74) is 2.33. The van der Waals surface area contributed by atoms with Crippen LogP contribution in [-0.2, 0) is 14.3 Å². The molecule has 2 heterocycles. The van der Waals surface area contributed by atoms with Gasteiger partial charge in [-0.2, -0.15) is 0 Å². The van der Waals surface area contributed by atoms with E-state index in [0.717, 1.165) is 36.9 Å². The van der Waals surface area contributed by atoms with E-state index in [1.165, 1.54) is 10.5 Å². The Kier molecular flexibility index (Phi) is 5.61. The molecule has 3 rings (SSSR count). The Morgan fingerprint density at radius 3 is 2.60 bits per heavy atom. The van der Waals surface area contributed by atoms with Crippen LogP contribution in [0.5, 0.6) is 0 Å². The molecule has 2 fully saturated rings. The van der Waals surface area contributed by atoms with Crippen LogP contribution in [-0.4, -0.2) is 74.1 Å². The lowest BCUT2D eigenvalue weighted by molar-refractivity contribution is -0.140. The first kappa shape index (κ1) is 18.2. The summed E-state index contributed by atoms with van der Waals surface area (Å²) < 4.78 is 4.99. The number of likely N-dealkylation sites (tertiary alicyclic amines) is 1. The monoisotopic (exact) mass is 365 g/mol. The Bertz CT molecular complexity index is 659. The maximum Gasteiger partial charge on any atom is 0.247 e. The second-order valence-electron chi connectivity index (χ2n) is 6.55. The predicted octanol–water partition coefficient (Wildman–Crippen LogP) is 1.54. The molecular weight excluding hydrogens is 342 g/mol. The highest BCUT2D eigenvalue weighted by Gasteiger charge is 2.42. The molecule has 7 heteroatoms. The Morgan fingerprint density at radius 2 is 1.92 bits per heavy atom. The minimum atomic E-state index is -0.327. The van der Waals surface area contributed by atoms with Gasteiger partial charge in [0, 0.05) is 44.0 Å². The van der Waals surface area contributed by atoms with Crippen molar-refractivity contribution in [1.82, 2.24) is 9.80 Å². The number of imide groups is 1. The molecule has 25 heavy (non-hydrogen) atoms. The highest BCUT2D eigenvalue weighted by atomic mass is 35.5. The number of aryl methyl sites for hydroxylation is 1. The van der Waals surface area contributed by atoms with E-state index in [4.69, 9.17) is 16.3 Å². The highest BCUT2D eigenvalue weighted by molar-refractivity contribution is 6.30. The van der Waals surface area contributed by atoms with Crippen LogP contribution in [0.2, 0.25) is 5.02 Å². The van der Waals surface area contributed by atoms with E-state index in [2.05, 4.69) is 16.7 Å². The zero-order valence-electron chi connectivity index (χ0n) is 14.7. The topological polar surface area (TPSA) is 53.1 Å². The van der Waals surface area contributed by atoms with Crippen molar-refractivity contribution in [1.29, 1.82) is 0 Å². The van der Waals surface area contributed by atoms with Gasteiger partial charge in [0.05, 0.1) is 25.6 Å². The number of benzene rings is 1. The molecule has 2 amide bonds. The number of carbonyl (C=O) groups excluding carboxylic acids is 2. The summed E-state index contributed by atoms with van der Waals surface area (Å²) in [4.78, 5) is 30.4. The summed E-state index contributed by atoms with van der Waals surface area (Å²) in [7, 11) is 1.57. The molecule has 0 spiro atoms. The zero-order valence-corrected chi connectivity index (χ0v) is 15.5. The third-order valence-corrected chi connectivity index (χ3v) is 5.24. The number of amides is 2. The Hall–Kier alpha value is -1.63. The number of anilines is 1. The van der Waals surface area contributed by atoms with Crippen molar-refractivity contribution >= 4 is 29.1 Å². The molecule has 2 saturated heterocycles. The average molecular weight is 366 g/mol. The van der Waals surface area contributed by atoms with Crippen molar-refractivity contribution < 1.29 is 14.3 Å². The molecule has 0 aliphatic carbocycles. The largest absolute Gasteiger partial charge is 0.383 e. The van der Waals surface area contributed by atoms with Gasteiger partial charge in [-0.15, -0.1) is 0 Å². The number of methoxy groups -OCH3 is 1.